The molecule has 2 rings (SSSR count). The van der Waals surface area contributed by atoms with Crippen LogP contribution in [-0.2, 0) is 16.1 Å². The number of carbonyl (C=O) groups excluding carboxylic acids is 2. The summed E-state index contributed by atoms with van der Waals surface area (Å²) in [6.07, 6.45) is 1.95. The van der Waals surface area contributed by atoms with Crippen LogP contribution in [0.25, 0.3) is 0 Å². The molecule has 0 unspecified atom stereocenters. The molecule has 0 aliphatic carbocycles. The number of halogens is 1. The van der Waals surface area contributed by atoms with Crippen LogP contribution < -0.4 is 5.32 Å². The first kappa shape index (κ1) is 21.9. The SMILES string of the molecule is CSc1ccccc1NC(=O)CN(C)[C@@H](C)C(=O)N(C)Cc1cccc(F)c1. The lowest BCUT2D eigenvalue weighted by Gasteiger charge is -2.28. The van der Waals surface area contributed by atoms with Gasteiger partial charge in [-0.1, -0.05) is 24.3 Å². The van der Waals surface area contributed by atoms with Crippen LogP contribution in [0.5, 0.6) is 0 Å². The Hall–Kier alpha value is -2.38. The Morgan fingerprint density at radius 3 is 2.54 bits per heavy atom. The molecule has 5 nitrogen and oxygen atoms in total. The molecule has 1 N–H and O–H groups in total. The van der Waals surface area contributed by atoms with E-state index in [1.807, 2.05) is 30.5 Å². The van der Waals surface area contributed by atoms with Crippen LogP contribution >= 0.6 is 11.8 Å². The van der Waals surface area contributed by atoms with Crippen LogP contribution in [0.1, 0.15) is 12.5 Å². The Morgan fingerprint density at radius 2 is 1.86 bits per heavy atom. The fourth-order valence-corrected chi connectivity index (χ4v) is 3.35. The lowest BCUT2D eigenvalue weighted by molar-refractivity contribution is -0.135. The molecule has 0 aromatic heterocycles. The molecule has 0 saturated heterocycles. The number of para-hydroxylation sites is 1. The van der Waals surface area contributed by atoms with Gasteiger partial charge in [-0.2, -0.15) is 0 Å². The number of benzene rings is 2. The zero-order chi connectivity index (χ0) is 20.7. The van der Waals surface area contributed by atoms with Gasteiger partial charge in [0.2, 0.25) is 11.8 Å². The molecule has 0 spiro atoms. The van der Waals surface area contributed by atoms with Gasteiger partial charge in [0, 0.05) is 18.5 Å². The van der Waals surface area contributed by atoms with Crippen molar-refractivity contribution in [2.24, 2.45) is 0 Å². The van der Waals surface area contributed by atoms with Crippen molar-refractivity contribution in [1.29, 1.82) is 0 Å². The maximum absolute atomic E-state index is 13.3. The van der Waals surface area contributed by atoms with Gasteiger partial charge in [-0.15, -0.1) is 11.8 Å². The molecular formula is C21H26FN3O2S. The average molecular weight is 404 g/mol. The van der Waals surface area contributed by atoms with Crippen LogP contribution in [-0.4, -0.2) is 54.6 Å². The lowest BCUT2D eigenvalue weighted by atomic mass is 10.2. The van der Waals surface area contributed by atoms with Crippen molar-refractivity contribution in [2.45, 2.75) is 24.4 Å². The van der Waals surface area contributed by atoms with Gasteiger partial charge in [-0.3, -0.25) is 14.5 Å². The van der Waals surface area contributed by atoms with Gasteiger partial charge in [0.05, 0.1) is 18.3 Å². The minimum Gasteiger partial charge on any atom is -0.340 e. The monoisotopic (exact) mass is 403 g/mol. The Balaban J connectivity index is 1.92. The van der Waals surface area contributed by atoms with Gasteiger partial charge in [0.15, 0.2) is 0 Å². The van der Waals surface area contributed by atoms with Crippen molar-refractivity contribution in [2.75, 3.05) is 32.2 Å². The highest BCUT2D eigenvalue weighted by atomic mass is 32.2. The molecule has 7 heteroatoms. The Kier molecular flexibility index (Phi) is 8.02. The zero-order valence-electron chi connectivity index (χ0n) is 16.6. The summed E-state index contributed by atoms with van der Waals surface area (Å²) < 4.78 is 13.3. The molecule has 2 amide bonds. The number of nitrogens with zero attached hydrogens (tertiary/aromatic N) is 2. The van der Waals surface area contributed by atoms with E-state index < -0.39 is 6.04 Å². The first-order valence-corrected chi connectivity index (χ1v) is 10.2. The van der Waals surface area contributed by atoms with Crippen molar-refractivity contribution in [3.63, 3.8) is 0 Å². The van der Waals surface area contributed by atoms with Gasteiger partial charge in [0.1, 0.15) is 5.82 Å². The third kappa shape index (κ3) is 6.07. The van der Waals surface area contributed by atoms with Crippen LogP contribution in [0.15, 0.2) is 53.4 Å². The van der Waals surface area contributed by atoms with Crippen LogP contribution in [0.2, 0.25) is 0 Å². The minimum atomic E-state index is -0.486. The first-order valence-electron chi connectivity index (χ1n) is 8.94. The third-order valence-corrected chi connectivity index (χ3v) is 5.27. The molecule has 0 bridgehead atoms. The van der Waals surface area contributed by atoms with Crippen molar-refractivity contribution >= 4 is 29.3 Å². The molecule has 28 heavy (non-hydrogen) atoms. The van der Waals surface area contributed by atoms with E-state index in [4.69, 9.17) is 0 Å². The number of hydrogen-bond acceptors (Lipinski definition) is 4. The first-order chi connectivity index (χ1) is 13.3. The molecule has 2 aromatic carbocycles. The van der Waals surface area contributed by atoms with E-state index in [2.05, 4.69) is 5.32 Å². The Labute approximate surface area is 169 Å². The quantitative estimate of drug-likeness (QED) is 0.686. The summed E-state index contributed by atoms with van der Waals surface area (Å²) in [6, 6.07) is 13.3. The number of anilines is 1. The van der Waals surface area contributed by atoms with Crippen molar-refractivity contribution in [3.05, 3.63) is 59.9 Å². The number of rotatable bonds is 8. The van der Waals surface area contributed by atoms with E-state index >= 15 is 0 Å². The molecule has 0 saturated carbocycles. The average Bonchev–Trinajstić information content (AvgIpc) is 2.67. The highest BCUT2D eigenvalue weighted by molar-refractivity contribution is 7.98. The standard InChI is InChI=1S/C21H26FN3O2S/c1-15(21(27)25(3)13-16-8-7-9-17(22)12-16)24(2)14-20(26)23-18-10-5-6-11-19(18)28-4/h5-12,15H,13-14H2,1-4H3,(H,23,26)/t15-/m0/s1. The number of thioether (sulfide) groups is 1. The third-order valence-electron chi connectivity index (χ3n) is 4.48. The molecule has 2 aromatic rings. The lowest BCUT2D eigenvalue weighted by Crippen LogP contribution is -2.46. The summed E-state index contributed by atoms with van der Waals surface area (Å²) in [4.78, 5) is 29.3. The summed E-state index contributed by atoms with van der Waals surface area (Å²) >= 11 is 1.56. The number of carbonyl (C=O) groups is 2. The number of likely N-dealkylation sites (N-methyl/N-ethyl adjacent to an activating group) is 2. The van der Waals surface area contributed by atoms with Gasteiger partial charge in [-0.05, 0) is 50.1 Å². The Bertz CT molecular complexity index is 831. The summed E-state index contributed by atoms with van der Waals surface area (Å²) in [5.41, 5.74) is 1.48. The number of hydrogen-bond donors (Lipinski definition) is 1. The predicted molar refractivity (Wildman–Crippen MR) is 112 cm³/mol. The summed E-state index contributed by atoms with van der Waals surface area (Å²) in [6.45, 7) is 2.15. The van der Waals surface area contributed by atoms with Crippen LogP contribution in [0.3, 0.4) is 0 Å². The van der Waals surface area contributed by atoms with Gasteiger partial charge >= 0.3 is 0 Å². The van der Waals surface area contributed by atoms with Gasteiger partial charge in [-0.25, -0.2) is 4.39 Å². The smallest absolute Gasteiger partial charge is 0.239 e. The maximum Gasteiger partial charge on any atom is 0.239 e. The highest BCUT2D eigenvalue weighted by Gasteiger charge is 2.23. The van der Waals surface area contributed by atoms with Crippen LogP contribution in [0.4, 0.5) is 10.1 Å². The number of amides is 2. The second kappa shape index (κ2) is 10.2. The maximum atomic E-state index is 13.3. The number of nitrogens with one attached hydrogen (secondary N) is 1. The van der Waals surface area contributed by atoms with Crippen LogP contribution in [0, 0.1) is 5.82 Å². The van der Waals surface area contributed by atoms with Crippen molar-refractivity contribution in [1.82, 2.24) is 9.80 Å². The molecular weight excluding hydrogens is 377 g/mol. The highest BCUT2D eigenvalue weighted by Crippen LogP contribution is 2.24. The summed E-state index contributed by atoms with van der Waals surface area (Å²) in [7, 11) is 3.41. The van der Waals surface area contributed by atoms with E-state index in [9.17, 15) is 14.0 Å². The minimum absolute atomic E-state index is 0.0867. The second-order valence-corrected chi connectivity index (χ2v) is 7.51. The molecule has 0 aliphatic rings. The summed E-state index contributed by atoms with van der Waals surface area (Å²) in [5.74, 6) is -0.647. The summed E-state index contributed by atoms with van der Waals surface area (Å²) in [5, 5.41) is 2.89. The van der Waals surface area contributed by atoms with E-state index in [-0.39, 0.29) is 24.2 Å². The molecule has 150 valence electrons. The van der Waals surface area contributed by atoms with E-state index in [0.717, 1.165) is 16.1 Å². The molecule has 0 aliphatic heterocycles. The molecule has 1 atom stereocenters. The van der Waals surface area contributed by atoms with E-state index in [1.54, 1.807) is 49.8 Å². The topological polar surface area (TPSA) is 52.7 Å². The molecule has 0 fully saturated rings. The largest absolute Gasteiger partial charge is 0.340 e. The van der Waals surface area contributed by atoms with Gasteiger partial charge in [0.25, 0.3) is 0 Å². The van der Waals surface area contributed by atoms with Gasteiger partial charge < -0.3 is 10.2 Å². The molecule has 0 heterocycles. The fourth-order valence-electron chi connectivity index (χ4n) is 2.80. The second-order valence-electron chi connectivity index (χ2n) is 6.66. The van der Waals surface area contributed by atoms with E-state index in [1.165, 1.54) is 17.0 Å². The van der Waals surface area contributed by atoms with Crippen molar-refractivity contribution in [3.8, 4) is 0 Å². The molecule has 0 radical (unpaired) electrons. The fraction of sp³-hybridized carbons (Fsp3) is 0.333. The Morgan fingerprint density at radius 1 is 1.14 bits per heavy atom. The van der Waals surface area contributed by atoms with Crippen molar-refractivity contribution < 1.29 is 14.0 Å². The predicted octanol–water partition coefficient (Wildman–Crippen LogP) is 3.47. The normalized spacial score (nSPS) is 11.9. The zero-order valence-corrected chi connectivity index (χ0v) is 17.4. The van der Waals surface area contributed by atoms with E-state index in [0.29, 0.717) is 6.54 Å².